The standard InChI is InChI=1S/C21H18Cl2FN3O2/c1-2-26-20(29-19-11-14(22)5-7-17(19)23)16(12-25)21(28)27-9-3-4-13-10-15(24)6-8-18(13)27/h2,5-8,10-12,25-26H,1,3-4,9H2. The Morgan fingerprint density at radius 2 is 2.07 bits per heavy atom. The van der Waals surface area contributed by atoms with E-state index in [0.717, 1.165) is 11.8 Å². The number of aryl methyl sites for hydroxylation is 1. The van der Waals surface area contributed by atoms with Gasteiger partial charge in [-0.2, -0.15) is 0 Å². The Balaban J connectivity index is 2.01. The zero-order valence-corrected chi connectivity index (χ0v) is 16.9. The molecule has 1 aliphatic rings. The highest BCUT2D eigenvalue weighted by molar-refractivity contribution is 6.34. The van der Waals surface area contributed by atoms with Crippen LogP contribution in [0.25, 0.3) is 0 Å². The van der Waals surface area contributed by atoms with Crippen LogP contribution in [-0.4, -0.2) is 18.7 Å². The molecule has 150 valence electrons. The lowest BCUT2D eigenvalue weighted by Gasteiger charge is -2.30. The van der Waals surface area contributed by atoms with Gasteiger partial charge in [0.05, 0.1) is 5.02 Å². The second-order valence-corrected chi connectivity index (χ2v) is 7.09. The maximum Gasteiger partial charge on any atom is 0.265 e. The summed E-state index contributed by atoms with van der Waals surface area (Å²) in [6.45, 7) is 4.03. The molecule has 0 unspecified atom stereocenters. The number of hydrogen-bond donors (Lipinski definition) is 2. The minimum atomic E-state index is -0.463. The first kappa shape index (κ1) is 20.9. The number of benzene rings is 2. The van der Waals surface area contributed by atoms with Crippen LogP contribution in [0, 0.1) is 11.2 Å². The van der Waals surface area contributed by atoms with Crippen molar-refractivity contribution in [2.45, 2.75) is 12.8 Å². The minimum absolute atomic E-state index is 0.0154. The van der Waals surface area contributed by atoms with Gasteiger partial charge in [0.15, 0.2) is 0 Å². The molecule has 1 aliphatic heterocycles. The van der Waals surface area contributed by atoms with E-state index in [4.69, 9.17) is 33.3 Å². The monoisotopic (exact) mass is 433 g/mol. The highest BCUT2D eigenvalue weighted by Crippen LogP contribution is 2.31. The number of anilines is 1. The van der Waals surface area contributed by atoms with Crippen molar-refractivity contribution in [2.75, 3.05) is 11.4 Å². The van der Waals surface area contributed by atoms with E-state index in [9.17, 15) is 9.18 Å². The number of halogens is 3. The fourth-order valence-electron chi connectivity index (χ4n) is 3.07. The van der Waals surface area contributed by atoms with Gasteiger partial charge in [-0.15, -0.1) is 0 Å². The Morgan fingerprint density at radius 1 is 1.28 bits per heavy atom. The molecule has 0 bridgehead atoms. The molecule has 29 heavy (non-hydrogen) atoms. The van der Waals surface area contributed by atoms with Gasteiger partial charge in [0.1, 0.15) is 17.1 Å². The van der Waals surface area contributed by atoms with Gasteiger partial charge in [-0.1, -0.05) is 29.8 Å². The average molecular weight is 434 g/mol. The Kier molecular flexibility index (Phi) is 6.56. The molecule has 0 radical (unpaired) electrons. The third kappa shape index (κ3) is 4.60. The number of nitrogens with one attached hydrogen (secondary N) is 2. The van der Waals surface area contributed by atoms with Crippen LogP contribution in [0.3, 0.4) is 0 Å². The topological polar surface area (TPSA) is 65.4 Å². The number of ether oxygens (including phenoxy) is 1. The van der Waals surface area contributed by atoms with Gasteiger partial charge in [0.2, 0.25) is 5.88 Å². The quantitative estimate of drug-likeness (QED) is 0.379. The van der Waals surface area contributed by atoms with Gasteiger partial charge in [-0.3, -0.25) is 4.79 Å². The highest BCUT2D eigenvalue weighted by atomic mass is 35.5. The second-order valence-electron chi connectivity index (χ2n) is 6.25. The highest BCUT2D eigenvalue weighted by Gasteiger charge is 2.27. The maximum absolute atomic E-state index is 13.6. The summed E-state index contributed by atoms with van der Waals surface area (Å²) in [6, 6.07) is 8.97. The maximum atomic E-state index is 13.6. The lowest BCUT2D eigenvalue weighted by atomic mass is 10.0. The molecule has 0 atom stereocenters. The third-order valence-electron chi connectivity index (χ3n) is 4.36. The van der Waals surface area contributed by atoms with E-state index in [2.05, 4.69) is 11.9 Å². The van der Waals surface area contributed by atoms with Crippen molar-refractivity contribution in [3.8, 4) is 5.75 Å². The van der Waals surface area contributed by atoms with Gasteiger partial charge in [-0.05, 0) is 54.9 Å². The Hall–Kier alpha value is -2.83. The number of fused-ring (bicyclic) bond motifs is 1. The number of amides is 1. The number of rotatable bonds is 6. The summed E-state index contributed by atoms with van der Waals surface area (Å²) < 4.78 is 19.3. The van der Waals surface area contributed by atoms with Crippen LogP contribution in [0.4, 0.5) is 10.1 Å². The summed E-state index contributed by atoms with van der Waals surface area (Å²) in [4.78, 5) is 14.8. The van der Waals surface area contributed by atoms with Crippen molar-refractivity contribution in [1.29, 1.82) is 5.41 Å². The summed E-state index contributed by atoms with van der Waals surface area (Å²) in [6.07, 6.45) is 3.57. The average Bonchev–Trinajstić information content (AvgIpc) is 2.70. The van der Waals surface area contributed by atoms with Crippen LogP contribution in [0.1, 0.15) is 12.0 Å². The van der Waals surface area contributed by atoms with E-state index in [0.29, 0.717) is 30.1 Å². The number of carbonyl (C=O) groups excluding carboxylic acids is 1. The van der Waals surface area contributed by atoms with E-state index in [1.807, 2.05) is 0 Å². The molecule has 1 amide bonds. The fourth-order valence-corrected chi connectivity index (χ4v) is 3.38. The molecule has 8 heteroatoms. The molecule has 0 saturated heterocycles. The van der Waals surface area contributed by atoms with Gasteiger partial charge in [0.25, 0.3) is 5.91 Å². The lowest BCUT2D eigenvalue weighted by molar-refractivity contribution is -0.114. The van der Waals surface area contributed by atoms with E-state index < -0.39 is 5.91 Å². The van der Waals surface area contributed by atoms with Gasteiger partial charge in [-0.25, -0.2) is 4.39 Å². The summed E-state index contributed by atoms with van der Waals surface area (Å²) >= 11 is 12.1. The molecule has 0 aromatic heterocycles. The summed E-state index contributed by atoms with van der Waals surface area (Å²) in [7, 11) is 0. The zero-order chi connectivity index (χ0) is 21.0. The third-order valence-corrected chi connectivity index (χ3v) is 4.91. The molecule has 0 aliphatic carbocycles. The van der Waals surface area contributed by atoms with Crippen LogP contribution >= 0.6 is 23.2 Å². The van der Waals surface area contributed by atoms with Crippen LogP contribution in [0.2, 0.25) is 10.0 Å². The summed E-state index contributed by atoms with van der Waals surface area (Å²) in [5, 5.41) is 11.2. The molecular weight excluding hydrogens is 416 g/mol. The number of hydrogen-bond acceptors (Lipinski definition) is 4. The van der Waals surface area contributed by atoms with E-state index >= 15 is 0 Å². The van der Waals surface area contributed by atoms with Crippen molar-refractivity contribution in [2.24, 2.45) is 0 Å². The number of nitrogens with zero attached hydrogens (tertiary/aromatic N) is 1. The molecule has 2 aromatic rings. The van der Waals surface area contributed by atoms with Crippen molar-refractivity contribution >= 4 is 41.0 Å². The van der Waals surface area contributed by atoms with Gasteiger partial charge >= 0.3 is 0 Å². The molecule has 0 spiro atoms. The first-order valence-corrected chi connectivity index (χ1v) is 9.55. The van der Waals surface area contributed by atoms with Crippen LogP contribution in [0.5, 0.6) is 5.75 Å². The molecular formula is C21H18Cl2FN3O2. The number of carbonyl (C=O) groups is 1. The predicted octanol–water partition coefficient (Wildman–Crippen LogP) is 5.08. The molecule has 2 aromatic carbocycles. The normalized spacial score (nSPS) is 13.8. The molecule has 2 N–H and O–H groups in total. The van der Waals surface area contributed by atoms with Crippen LogP contribution in [-0.2, 0) is 11.2 Å². The lowest BCUT2D eigenvalue weighted by Crippen LogP contribution is -2.38. The van der Waals surface area contributed by atoms with E-state index in [1.54, 1.807) is 18.2 Å². The SMILES string of the molecule is C=CNC(Oc1cc(Cl)ccc1Cl)=C(C=N)C(=O)N1CCCc2cc(F)ccc21. The van der Waals surface area contributed by atoms with Crippen molar-refractivity contribution in [3.63, 3.8) is 0 Å². The van der Waals surface area contributed by atoms with Crippen molar-refractivity contribution < 1.29 is 13.9 Å². The fraction of sp³-hybridized carbons (Fsp3) is 0.143. The second kappa shape index (κ2) is 9.11. The summed E-state index contributed by atoms with van der Waals surface area (Å²) in [5.41, 5.74) is 1.31. The Labute approximate surface area is 177 Å². The first-order chi connectivity index (χ1) is 13.9. The predicted molar refractivity (Wildman–Crippen MR) is 113 cm³/mol. The van der Waals surface area contributed by atoms with Crippen molar-refractivity contribution in [3.05, 3.63) is 82.1 Å². The van der Waals surface area contributed by atoms with Gasteiger partial charge < -0.3 is 20.4 Å². The van der Waals surface area contributed by atoms with Crippen molar-refractivity contribution in [1.82, 2.24) is 5.32 Å². The Bertz CT molecular complexity index is 1010. The molecule has 0 saturated carbocycles. The van der Waals surface area contributed by atoms with Crippen LogP contribution in [0.15, 0.2) is 60.6 Å². The molecule has 3 rings (SSSR count). The molecule has 1 heterocycles. The van der Waals surface area contributed by atoms with Gasteiger partial charge in [0, 0.05) is 29.5 Å². The zero-order valence-electron chi connectivity index (χ0n) is 15.3. The van der Waals surface area contributed by atoms with Crippen LogP contribution < -0.4 is 15.0 Å². The largest absolute Gasteiger partial charge is 0.439 e. The van der Waals surface area contributed by atoms with E-state index in [1.165, 1.54) is 29.3 Å². The smallest absolute Gasteiger partial charge is 0.265 e. The first-order valence-electron chi connectivity index (χ1n) is 8.80. The van der Waals surface area contributed by atoms with E-state index in [-0.39, 0.29) is 28.0 Å². The Morgan fingerprint density at radius 3 is 2.79 bits per heavy atom. The molecule has 5 nitrogen and oxygen atoms in total. The summed E-state index contributed by atoms with van der Waals surface area (Å²) in [5.74, 6) is -0.612. The minimum Gasteiger partial charge on any atom is -0.439 e. The molecule has 0 fully saturated rings.